The number of aromatic amines is 1. The summed E-state index contributed by atoms with van der Waals surface area (Å²) in [7, 11) is 0. The zero-order chi connectivity index (χ0) is 14.2. The van der Waals surface area contributed by atoms with E-state index in [2.05, 4.69) is 69.7 Å². The van der Waals surface area contributed by atoms with Gasteiger partial charge < -0.3 is 4.98 Å². The van der Waals surface area contributed by atoms with Gasteiger partial charge >= 0.3 is 0 Å². The van der Waals surface area contributed by atoms with Crippen molar-refractivity contribution in [1.29, 1.82) is 0 Å². The van der Waals surface area contributed by atoms with Gasteiger partial charge in [-0.25, -0.2) is 4.99 Å². The zero-order valence-electron chi connectivity index (χ0n) is 13.1. The standard InChI is InChI=1S/C17H22N2.BrH/c1-10-12(3)16(18-14(10)5)8-7-9-17-13(4)11(2)15(6)19-17;/h7-9,18H,1-6H3;1H/p+1/b8-7+,17-9+;. The lowest BCUT2D eigenvalue weighted by molar-refractivity contribution is -0.388. The molecule has 3 heteroatoms. The van der Waals surface area contributed by atoms with E-state index in [0.717, 1.165) is 0 Å². The molecule has 0 aromatic carbocycles. The van der Waals surface area contributed by atoms with Gasteiger partial charge in [0.2, 0.25) is 5.70 Å². The van der Waals surface area contributed by atoms with Crippen LogP contribution in [0.15, 0.2) is 29.0 Å². The second-order valence-electron chi connectivity index (χ2n) is 5.35. The van der Waals surface area contributed by atoms with Crippen LogP contribution in [0.1, 0.15) is 43.3 Å². The van der Waals surface area contributed by atoms with E-state index in [0.29, 0.717) is 0 Å². The molecule has 2 nitrogen and oxygen atoms in total. The summed E-state index contributed by atoms with van der Waals surface area (Å²) in [5.74, 6) is 0. The second kappa shape index (κ2) is 6.40. The van der Waals surface area contributed by atoms with Crippen LogP contribution < -0.4 is 4.99 Å². The van der Waals surface area contributed by atoms with Crippen molar-refractivity contribution >= 4 is 28.8 Å². The molecule has 108 valence electrons. The van der Waals surface area contributed by atoms with Crippen LogP contribution >= 0.6 is 17.0 Å². The molecule has 0 radical (unpaired) electrons. The Morgan fingerprint density at radius 2 is 1.55 bits per heavy atom. The number of aryl methyl sites for hydroxylation is 1. The third kappa shape index (κ3) is 3.04. The molecule has 0 atom stereocenters. The van der Waals surface area contributed by atoms with E-state index in [1.165, 1.54) is 45.1 Å². The summed E-state index contributed by atoms with van der Waals surface area (Å²) in [5, 5.41) is 0. The lowest BCUT2D eigenvalue weighted by Crippen LogP contribution is -2.67. The monoisotopic (exact) mass is 335 g/mol. The third-order valence-electron chi connectivity index (χ3n) is 4.23. The van der Waals surface area contributed by atoms with Crippen LogP contribution in [0.25, 0.3) is 6.08 Å². The van der Waals surface area contributed by atoms with Crippen molar-refractivity contribution in [3.05, 3.63) is 51.5 Å². The summed E-state index contributed by atoms with van der Waals surface area (Å²) < 4.78 is 0. The first-order valence-electron chi connectivity index (χ1n) is 6.74. The topological polar surface area (TPSA) is 29.8 Å². The van der Waals surface area contributed by atoms with E-state index in [-0.39, 0.29) is 17.0 Å². The lowest BCUT2D eigenvalue weighted by Gasteiger charge is -1.91. The first-order valence-corrected chi connectivity index (χ1v) is 6.74. The number of hydrogen-bond donors (Lipinski definition) is 2. The molecule has 2 N–H and O–H groups in total. The molecular formula is C17H24BrN2+. The Labute approximate surface area is 132 Å². The van der Waals surface area contributed by atoms with Crippen molar-refractivity contribution in [1.82, 2.24) is 4.98 Å². The van der Waals surface area contributed by atoms with Gasteiger partial charge in [-0.1, -0.05) is 6.08 Å². The Kier molecular flexibility index (Phi) is 5.35. The minimum Gasteiger partial charge on any atom is -0.359 e. The van der Waals surface area contributed by atoms with Crippen molar-refractivity contribution in [2.45, 2.75) is 41.5 Å². The van der Waals surface area contributed by atoms with E-state index in [4.69, 9.17) is 0 Å². The maximum atomic E-state index is 3.41. The van der Waals surface area contributed by atoms with Crippen LogP contribution in [0, 0.1) is 20.8 Å². The van der Waals surface area contributed by atoms with Gasteiger partial charge in [-0.15, -0.1) is 17.0 Å². The van der Waals surface area contributed by atoms with Crippen LogP contribution in [-0.2, 0) is 0 Å². The Bertz CT molecular complexity index is 640. The normalized spacial score (nSPS) is 17.1. The predicted octanol–water partition coefficient (Wildman–Crippen LogP) is 3.31. The molecule has 2 rings (SSSR count). The number of hydrogen-bond acceptors (Lipinski definition) is 0. The minimum absolute atomic E-state index is 0. The van der Waals surface area contributed by atoms with Crippen molar-refractivity contribution in [2.75, 3.05) is 0 Å². The molecule has 1 aliphatic rings. The van der Waals surface area contributed by atoms with Gasteiger partial charge in [0.25, 0.3) is 0 Å². The highest BCUT2D eigenvalue weighted by Gasteiger charge is 2.19. The highest BCUT2D eigenvalue weighted by molar-refractivity contribution is 8.93. The zero-order valence-corrected chi connectivity index (χ0v) is 14.9. The fourth-order valence-corrected chi connectivity index (χ4v) is 2.32. The molecule has 20 heavy (non-hydrogen) atoms. The Balaban J connectivity index is 0.00000200. The smallest absolute Gasteiger partial charge is 0.207 e. The van der Waals surface area contributed by atoms with Crippen LogP contribution in [0.5, 0.6) is 0 Å². The van der Waals surface area contributed by atoms with Gasteiger partial charge in [0.1, 0.15) is 0 Å². The molecule has 1 aromatic heterocycles. The summed E-state index contributed by atoms with van der Waals surface area (Å²) in [6.07, 6.45) is 6.38. The number of halogens is 1. The number of allylic oxidation sites excluding steroid dienone is 4. The summed E-state index contributed by atoms with van der Waals surface area (Å²) in [6, 6.07) is 0. The fourth-order valence-electron chi connectivity index (χ4n) is 2.32. The Morgan fingerprint density at radius 3 is 2.00 bits per heavy atom. The SMILES string of the molecule is Br.CC1=[NH+]/C(=C/C=C/c2[nH]c(C)c(C)c2C)C(C)=C1C. The quantitative estimate of drug-likeness (QED) is 0.830. The molecule has 0 unspecified atom stereocenters. The van der Waals surface area contributed by atoms with Gasteiger partial charge in [0.05, 0.1) is 0 Å². The average Bonchev–Trinajstić information content (AvgIpc) is 2.76. The van der Waals surface area contributed by atoms with Gasteiger partial charge in [-0.05, 0) is 51.8 Å². The van der Waals surface area contributed by atoms with Crippen molar-refractivity contribution < 1.29 is 4.99 Å². The van der Waals surface area contributed by atoms with Crippen molar-refractivity contribution in [2.24, 2.45) is 0 Å². The maximum Gasteiger partial charge on any atom is 0.207 e. The van der Waals surface area contributed by atoms with E-state index < -0.39 is 0 Å². The number of rotatable bonds is 2. The second-order valence-corrected chi connectivity index (χ2v) is 5.35. The van der Waals surface area contributed by atoms with E-state index in [9.17, 15) is 0 Å². The van der Waals surface area contributed by atoms with Gasteiger partial charge in [0.15, 0.2) is 5.71 Å². The van der Waals surface area contributed by atoms with Gasteiger partial charge in [0, 0.05) is 35.5 Å². The lowest BCUT2D eigenvalue weighted by atomic mass is 10.1. The summed E-state index contributed by atoms with van der Waals surface area (Å²) >= 11 is 0. The molecule has 0 amide bonds. The molecule has 0 aliphatic carbocycles. The molecule has 1 aromatic rings. The summed E-state index contributed by atoms with van der Waals surface area (Å²) in [6.45, 7) is 12.9. The van der Waals surface area contributed by atoms with Crippen LogP contribution in [0.4, 0.5) is 0 Å². The molecule has 1 aliphatic heterocycles. The van der Waals surface area contributed by atoms with Gasteiger partial charge in [-0.3, -0.25) is 0 Å². The first-order chi connectivity index (χ1) is 8.91. The van der Waals surface area contributed by atoms with E-state index in [1.54, 1.807) is 0 Å². The van der Waals surface area contributed by atoms with E-state index >= 15 is 0 Å². The summed E-state index contributed by atoms with van der Waals surface area (Å²) in [4.78, 5) is 6.83. The molecule has 0 saturated heterocycles. The highest BCUT2D eigenvalue weighted by atomic mass is 79.9. The van der Waals surface area contributed by atoms with Crippen LogP contribution in [-0.4, -0.2) is 10.7 Å². The maximum absolute atomic E-state index is 3.41. The predicted molar refractivity (Wildman–Crippen MR) is 92.5 cm³/mol. The fraction of sp³-hybridized carbons (Fsp3) is 0.353. The molecule has 2 heterocycles. The molecule has 0 saturated carbocycles. The minimum atomic E-state index is 0. The first kappa shape index (κ1) is 16.7. The molecule has 0 bridgehead atoms. The average molecular weight is 336 g/mol. The van der Waals surface area contributed by atoms with Crippen molar-refractivity contribution in [3.63, 3.8) is 0 Å². The van der Waals surface area contributed by atoms with Crippen molar-refractivity contribution in [3.8, 4) is 0 Å². The number of H-pyrrole nitrogens is 1. The summed E-state index contributed by atoms with van der Waals surface area (Å²) in [5.41, 5.74) is 10.3. The highest BCUT2D eigenvalue weighted by Crippen LogP contribution is 2.18. The number of aromatic nitrogens is 1. The number of nitrogens with one attached hydrogen (secondary N) is 2. The van der Waals surface area contributed by atoms with Gasteiger partial charge in [-0.2, -0.15) is 0 Å². The molecule has 0 fully saturated rings. The largest absolute Gasteiger partial charge is 0.359 e. The third-order valence-corrected chi connectivity index (χ3v) is 4.23. The molecular weight excluding hydrogens is 312 g/mol. The molecule has 0 spiro atoms. The Morgan fingerprint density at radius 1 is 0.900 bits per heavy atom. The Hall–Kier alpha value is -1.35. The van der Waals surface area contributed by atoms with Crippen LogP contribution in [0.3, 0.4) is 0 Å². The van der Waals surface area contributed by atoms with E-state index in [1.807, 2.05) is 0 Å². The van der Waals surface area contributed by atoms with Crippen LogP contribution in [0.2, 0.25) is 0 Å².